The van der Waals surface area contributed by atoms with Gasteiger partial charge in [0.05, 0.1) is 19.3 Å². The Labute approximate surface area is 92.3 Å². The van der Waals surface area contributed by atoms with Crippen molar-refractivity contribution >= 4 is 15.9 Å². The molecule has 3 heteroatoms. The third kappa shape index (κ3) is 2.56. The molecule has 1 aromatic rings. The molecule has 1 heterocycles. The molecule has 0 bridgehead atoms. The van der Waals surface area contributed by atoms with Crippen molar-refractivity contribution in [1.82, 2.24) is 0 Å². The number of halogens is 1. The van der Waals surface area contributed by atoms with Gasteiger partial charge >= 0.3 is 0 Å². The molecular formula is C11H13BrO2. The molecule has 1 unspecified atom stereocenters. The molecule has 1 aromatic carbocycles. The SMILES string of the molecule is Brc1ccccc1COC1CCOC1. The van der Waals surface area contributed by atoms with E-state index in [1.807, 2.05) is 18.2 Å². The predicted molar refractivity (Wildman–Crippen MR) is 58.2 cm³/mol. The van der Waals surface area contributed by atoms with Gasteiger partial charge in [-0.15, -0.1) is 0 Å². The molecule has 0 amide bonds. The minimum Gasteiger partial charge on any atom is -0.379 e. The molecule has 14 heavy (non-hydrogen) atoms. The standard InChI is InChI=1S/C11H13BrO2/c12-11-4-2-1-3-9(11)7-14-10-5-6-13-8-10/h1-4,10H,5-8H2. The minimum absolute atomic E-state index is 0.280. The summed E-state index contributed by atoms with van der Waals surface area (Å²) in [7, 11) is 0. The Morgan fingerprint density at radius 3 is 3.00 bits per heavy atom. The molecule has 0 aliphatic carbocycles. The first-order valence-electron chi connectivity index (χ1n) is 4.79. The fraction of sp³-hybridized carbons (Fsp3) is 0.455. The second-order valence-electron chi connectivity index (χ2n) is 3.39. The summed E-state index contributed by atoms with van der Waals surface area (Å²) in [4.78, 5) is 0. The lowest BCUT2D eigenvalue weighted by atomic mass is 10.2. The topological polar surface area (TPSA) is 18.5 Å². The average molecular weight is 257 g/mol. The second-order valence-corrected chi connectivity index (χ2v) is 4.24. The van der Waals surface area contributed by atoms with E-state index in [2.05, 4.69) is 22.0 Å². The molecule has 1 atom stereocenters. The molecule has 1 aliphatic rings. The minimum atomic E-state index is 0.280. The lowest BCUT2D eigenvalue weighted by Crippen LogP contribution is -2.11. The third-order valence-corrected chi connectivity index (χ3v) is 3.09. The Balaban J connectivity index is 1.88. The van der Waals surface area contributed by atoms with Gasteiger partial charge < -0.3 is 9.47 Å². The maximum Gasteiger partial charge on any atom is 0.0835 e. The molecule has 1 aliphatic heterocycles. The zero-order valence-electron chi connectivity index (χ0n) is 7.91. The van der Waals surface area contributed by atoms with Gasteiger partial charge in [-0.3, -0.25) is 0 Å². The Hall–Kier alpha value is -0.380. The molecule has 0 N–H and O–H groups in total. The van der Waals surface area contributed by atoms with E-state index in [4.69, 9.17) is 9.47 Å². The van der Waals surface area contributed by atoms with Crippen molar-refractivity contribution in [3.63, 3.8) is 0 Å². The molecule has 2 rings (SSSR count). The Morgan fingerprint density at radius 2 is 2.29 bits per heavy atom. The van der Waals surface area contributed by atoms with Crippen LogP contribution in [0.4, 0.5) is 0 Å². The molecular weight excluding hydrogens is 244 g/mol. The summed E-state index contributed by atoms with van der Waals surface area (Å²) >= 11 is 3.49. The highest BCUT2D eigenvalue weighted by Crippen LogP contribution is 2.18. The maximum atomic E-state index is 5.71. The quantitative estimate of drug-likeness (QED) is 0.828. The molecule has 76 valence electrons. The first-order valence-corrected chi connectivity index (χ1v) is 5.58. The summed E-state index contributed by atoms with van der Waals surface area (Å²) in [6, 6.07) is 8.13. The molecule has 2 nitrogen and oxygen atoms in total. The molecule has 1 saturated heterocycles. The predicted octanol–water partition coefficient (Wildman–Crippen LogP) is 2.75. The number of hydrogen-bond donors (Lipinski definition) is 0. The van der Waals surface area contributed by atoms with Gasteiger partial charge in [0, 0.05) is 11.1 Å². The highest BCUT2D eigenvalue weighted by Gasteiger charge is 2.15. The Bertz CT molecular complexity index is 295. The second kappa shape index (κ2) is 4.91. The number of ether oxygens (including phenoxy) is 2. The van der Waals surface area contributed by atoms with Crippen LogP contribution in [0.15, 0.2) is 28.7 Å². The summed E-state index contributed by atoms with van der Waals surface area (Å²) in [6.07, 6.45) is 1.30. The van der Waals surface area contributed by atoms with Crippen LogP contribution in [0.5, 0.6) is 0 Å². The summed E-state index contributed by atoms with van der Waals surface area (Å²) in [6.45, 7) is 2.24. The van der Waals surface area contributed by atoms with E-state index >= 15 is 0 Å². The lowest BCUT2D eigenvalue weighted by Gasteiger charge is -2.10. The van der Waals surface area contributed by atoms with Crippen LogP contribution in [0.2, 0.25) is 0 Å². The molecule has 1 fully saturated rings. The van der Waals surface area contributed by atoms with E-state index in [1.165, 1.54) is 5.56 Å². The monoisotopic (exact) mass is 256 g/mol. The third-order valence-electron chi connectivity index (χ3n) is 2.32. The van der Waals surface area contributed by atoms with Crippen LogP contribution in [-0.2, 0) is 16.1 Å². The summed E-state index contributed by atoms with van der Waals surface area (Å²) in [5, 5.41) is 0. The van der Waals surface area contributed by atoms with E-state index < -0.39 is 0 Å². The van der Waals surface area contributed by atoms with E-state index in [0.717, 1.165) is 24.1 Å². The van der Waals surface area contributed by atoms with Gasteiger partial charge in [-0.25, -0.2) is 0 Å². The summed E-state index contributed by atoms with van der Waals surface area (Å²) < 4.78 is 12.1. The van der Waals surface area contributed by atoms with Crippen LogP contribution in [0.1, 0.15) is 12.0 Å². The Kier molecular flexibility index (Phi) is 3.56. The number of rotatable bonds is 3. The van der Waals surface area contributed by atoms with Gasteiger partial charge in [0.1, 0.15) is 0 Å². The first kappa shape index (κ1) is 10.1. The van der Waals surface area contributed by atoms with Gasteiger partial charge in [0.25, 0.3) is 0 Å². The molecule has 0 radical (unpaired) electrons. The molecule has 0 aromatic heterocycles. The van der Waals surface area contributed by atoms with Crippen LogP contribution in [0.25, 0.3) is 0 Å². The van der Waals surface area contributed by atoms with Gasteiger partial charge in [-0.2, -0.15) is 0 Å². The zero-order chi connectivity index (χ0) is 9.80. The van der Waals surface area contributed by atoms with Crippen molar-refractivity contribution in [2.45, 2.75) is 19.1 Å². The summed E-state index contributed by atoms with van der Waals surface area (Å²) in [5.74, 6) is 0. The fourth-order valence-electron chi connectivity index (χ4n) is 1.47. The van der Waals surface area contributed by atoms with Crippen molar-refractivity contribution in [1.29, 1.82) is 0 Å². The highest BCUT2D eigenvalue weighted by atomic mass is 79.9. The zero-order valence-corrected chi connectivity index (χ0v) is 9.50. The van der Waals surface area contributed by atoms with Gasteiger partial charge in [-0.1, -0.05) is 34.1 Å². The normalized spacial score (nSPS) is 21.4. The van der Waals surface area contributed by atoms with Crippen molar-refractivity contribution in [3.8, 4) is 0 Å². The fourth-order valence-corrected chi connectivity index (χ4v) is 1.87. The van der Waals surface area contributed by atoms with E-state index in [9.17, 15) is 0 Å². The number of benzene rings is 1. The average Bonchev–Trinajstić information content (AvgIpc) is 2.69. The van der Waals surface area contributed by atoms with E-state index in [-0.39, 0.29) is 6.10 Å². The van der Waals surface area contributed by atoms with Crippen molar-refractivity contribution in [2.24, 2.45) is 0 Å². The number of hydrogen-bond acceptors (Lipinski definition) is 2. The van der Waals surface area contributed by atoms with Crippen LogP contribution >= 0.6 is 15.9 Å². The molecule has 0 spiro atoms. The maximum absolute atomic E-state index is 5.71. The van der Waals surface area contributed by atoms with E-state index in [0.29, 0.717) is 6.61 Å². The van der Waals surface area contributed by atoms with Gasteiger partial charge in [-0.05, 0) is 18.1 Å². The van der Waals surface area contributed by atoms with Crippen molar-refractivity contribution < 1.29 is 9.47 Å². The Morgan fingerprint density at radius 1 is 1.43 bits per heavy atom. The van der Waals surface area contributed by atoms with Crippen LogP contribution in [0, 0.1) is 0 Å². The van der Waals surface area contributed by atoms with Crippen molar-refractivity contribution in [2.75, 3.05) is 13.2 Å². The van der Waals surface area contributed by atoms with Crippen molar-refractivity contribution in [3.05, 3.63) is 34.3 Å². The lowest BCUT2D eigenvalue weighted by molar-refractivity contribution is 0.0315. The van der Waals surface area contributed by atoms with Crippen LogP contribution in [0.3, 0.4) is 0 Å². The van der Waals surface area contributed by atoms with Crippen LogP contribution in [-0.4, -0.2) is 19.3 Å². The van der Waals surface area contributed by atoms with Gasteiger partial charge in [0.15, 0.2) is 0 Å². The smallest absolute Gasteiger partial charge is 0.0835 e. The summed E-state index contributed by atoms with van der Waals surface area (Å²) in [5.41, 5.74) is 1.19. The van der Waals surface area contributed by atoms with Crippen LogP contribution < -0.4 is 0 Å². The van der Waals surface area contributed by atoms with E-state index in [1.54, 1.807) is 0 Å². The first-order chi connectivity index (χ1) is 6.86. The highest BCUT2D eigenvalue weighted by molar-refractivity contribution is 9.10. The molecule has 0 saturated carbocycles. The largest absolute Gasteiger partial charge is 0.379 e. The van der Waals surface area contributed by atoms with Gasteiger partial charge in [0.2, 0.25) is 0 Å².